The summed E-state index contributed by atoms with van der Waals surface area (Å²) in [5.41, 5.74) is 2.09. The number of nitrogens with zero attached hydrogens (tertiary/aromatic N) is 2. The van der Waals surface area contributed by atoms with Gasteiger partial charge in [0, 0.05) is 23.5 Å². The number of hydrogen-bond donors (Lipinski definition) is 1. The summed E-state index contributed by atoms with van der Waals surface area (Å²) in [6.45, 7) is 4.90. The van der Waals surface area contributed by atoms with E-state index in [4.69, 9.17) is 0 Å². The summed E-state index contributed by atoms with van der Waals surface area (Å²) in [6.07, 6.45) is 3.56. The first-order chi connectivity index (χ1) is 13.2. The fourth-order valence-electron chi connectivity index (χ4n) is 3.46. The van der Waals surface area contributed by atoms with Crippen LogP contribution in [0.1, 0.15) is 36.5 Å². The molecule has 1 aliphatic rings. The first-order valence-corrected chi connectivity index (χ1v) is 9.66. The maximum absolute atomic E-state index is 12.9. The lowest BCUT2D eigenvalue weighted by Gasteiger charge is -2.25. The van der Waals surface area contributed by atoms with Crippen LogP contribution in [-0.2, 0) is 4.79 Å². The second-order valence-corrected chi connectivity index (χ2v) is 6.85. The molecule has 5 nitrogen and oxygen atoms in total. The van der Waals surface area contributed by atoms with Gasteiger partial charge in [-0.25, -0.2) is 0 Å². The van der Waals surface area contributed by atoms with Gasteiger partial charge in [-0.1, -0.05) is 30.7 Å². The highest BCUT2D eigenvalue weighted by molar-refractivity contribution is 6.07. The van der Waals surface area contributed by atoms with Gasteiger partial charge in [-0.2, -0.15) is 0 Å². The molecule has 0 bridgehead atoms. The number of carbonyl (C=O) groups excluding carboxylic acids is 2. The predicted octanol–water partition coefficient (Wildman–Crippen LogP) is 3.78. The van der Waals surface area contributed by atoms with Crippen molar-refractivity contribution in [2.75, 3.05) is 36.4 Å². The van der Waals surface area contributed by atoms with Gasteiger partial charge in [0.1, 0.15) is 0 Å². The standard InChI is InChI=1S/C22H27N3O2/c1-2-25(20-12-5-3-6-13-20)22(27)18-10-9-11-19(16-18)23-21(26)17-24-14-7-4-8-15-24/h3,5-6,9-13,16H,2,4,7-8,14-15,17H2,1H3,(H,23,26). The summed E-state index contributed by atoms with van der Waals surface area (Å²) < 4.78 is 0. The fourth-order valence-corrected chi connectivity index (χ4v) is 3.46. The van der Waals surface area contributed by atoms with E-state index < -0.39 is 0 Å². The van der Waals surface area contributed by atoms with Crippen LogP contribution in [0, 0.1) is 0 Å². The Bertz CT molecular complexity index is 770. The molecule has 0 aromatic heterocycles. The Kier molecular flexibility index (Phi) is 6.60. The molecule has 142 valence electrons. The van der Waals surface area contributed by atoms with Crippen molar-refractivity contribution in [2.24, 2.45) is 0 Å². The number of hydrogen-bond acceptors (Lipinski definition) is 3. The van der Waals surface area contributed by atoms with Crippen molar-refractivity contribution in [3.05, 3.63) is 60.2 Å². The molecule has 1 N–H and O–H groups in total. The third kappa shape index (κ3) is 5.17. The topological polar surface area (TPSA) is 52.7 Å². The molecule has 0 radical (unpaired) electrons. The molecule has 1 saturated heterocycles. The molecule has 3 rings (SSSR count). The summed E-state index contributed by atoms with van der Waals surface area (Å²) in [4.78, 5) is 29.2. The van der Waals surface area contributed by atoms with Crippen molar-refractivity contribution in [1.29, 1.82) is 0 Å². The smallest absolute Gasteiger partial charge is 0.258 e. The zero-order valence-corrected chi connectivity index (χ0v) is 15.9. The maximum Gasteiger partial charge on any atom is 0.258 e. The van der Waals surface area contributed by atoms with E-state index in [9.17, 15) is 9.59 Å². The summed E-state index contributed by atoms with van der Waals surface area (Å²) in [5.74, 6) is -0.104. The first kappa shape index (κ1) is 19.1. The van der Waals surface area contributed by atoms with E-state index in [0.29, 0.717) is 24.3 Å². The quantitative estimate of drug-likeness (QED) is 0.848. The molecule has 5 heteroatoms. The second-order valence-electron chi connectivity index (χ2n) is 6.85. The molecule has 1 heterocycles. The molecule has 2 aromatic carbocycles. The minimum absolute atomic E-state index is 0.0306. The second kappa shape index (κ2) is 9.33. The number of piperidine rings is 1. The molecule has 1 aliphatic heterocycles. The highest BCUT2D eigenvalue weighted by atomic mass is 16.2. The number of anilines is 2. The van der Waals surface area contributed by atoms with Gasteiger partial charge >= 0.3 is 0 Å². The van der Waals surface area contributed by atoms with E-state index >= 15 is 0 Å². The van der Waals surface area contributed by atoms with Gasteiger partial charge in [-0.05, 0) is 63.2 Å². The Labute approximate surface area is 161 Å². The third-order valence-corrected chi connectivity index (χ3v) is 4.84. The van der Waals surface area contributed by atoms with E-state index in [1.807, 2.05) is 49.4 Å². The maximum atomic E-state index is 12.9. The van der Waals surface area contributed by atoms with Gasteiger partial charge in [-0.3, -0.25) is 14.5 Å². The lowest BCUT2D eigenvalue weighted by molar-refractivity contribution is -0.117. The normalized spacial score (nSPS) is 14.6. The van der Waals surface area contributed by atoms with Gasteiger partial charge < -0.3 is 10.2 Å². The number of likely N-dealkylation sites (tertiary alicyclic amines) is 1. The molecule has 0 saturated carbocycles. The molecule has 27 heavy (non-hydrogen) atoms. The highest BCUT2D eigenvalue weighted by Crippen LogP contribution is 2.19. The number of benzene rings is 2. The van der Waals surface area contributed by atoms with Crippen LogP contribution in [0.4, 0.5) is 11.4 Å². The minimum atomic E-state index is -0.0733. The summed E-state index contributed by atoms with van der Waals surface area (Å²) in [7, 11) is 0. The van der Waals surface area contributed by atoms with Crippen LogP contribution in [0.2, 0.25) is 0 Å². The average Bonchev–Trinajstić information content (AvgIpc) is 2.70. The van der Waals surface area contributed by atoms with Crippen molar-refractivity contribution in [1.82, 2.24) is 4.90 Å². The van der Waals surface area contributed by atoms with Crippen molar-refractivity contribution >= 4 is 23.2 Å². The van der Waals surface area contributed by atoms with E-state index in [-0.39, 0.29) is 11.8 Å². The lowest BCUT2D eigenvalue weighted by Crippen LogP contribution is -2.36. The fraction of sp³-hybridized carbons (Fsp3) is 0.364. The van der Waals surface area contributed by atoms with E-state index in [2.05, 4.69) is 10.2 Å². The zero-order chi connectivity index (χ0) is 19.1. The Balaban J connectivity index is 1.67. The monoisotopic (exact) mass is 365 g/mol. The van der Waals surface area contributed by atoms with Crippen molar-refractivity contribution in [3.63, 3.8) is 0 Å². The predicted molar refractivity (Wildman–Crippen MR) is 109 cm³/mol. The lowest BCUT2D eigenvalue weighted by atomic mass is 10.1. The Morgan fingerprint density at radius 2 is 1.74 bits per heavy atom. The van der Waals surface area contributed by atoms with Crippen molar-refractivity contribution in [3.8, 4) is 0 Å². The van der Waals surface area contributed by atoms with E-state index in [1.54, 1.807) is 17.0 Å². The molecular weight excluding hydrogens is 338 g/mol. The number of carbonyl (C=O) groups is 2. The number of rotatable bonds is 6. The molecule has 0 spiro atoms. The van der Waals surface area contributed by atoms with Crippen LogP contribution in [-0.4, -0.2) is 42.9 Å². The Morgan fingerprint density at radius 3 is 2.44 bits per heavy atom. The van der Waals surface area contributed by atoms with Crippen LogP contribution in [0.15, 0.2) is 54.6 Å². The van der Waals surface area contributed by atoms with E-state index in [0.717, 1.165) is 31.6 Å². The van der Waals surface area contributed by atoms with Crippen molar-refractivity contribution < 1.29 is 9.59 Å². The SMILES string of the molecule is CCN(C(=O)c1cccc(NC(=O)CN2CCCCC2)c1)c1ccccc1. The van der Waals surface area contributed by atoms with E-state index in [1.165, 1.54) is 6.42 Å². The first-order valence-electron chi connectivity index (χ1n) is 9.66. The largest absolute Gasteiger partial charge is 0.325 e. The van der Waals surface area contributed by atoms with Gasteiger partial charge in [0.15, 0.2) is 0 Å². The molecule has 2 aromatic rings. The minimum Gasteiger partial charge on any atom is -0.325 e. The van der Waals surface area contributed by atoms with Gasteiger partial charge in [0.05, 0.1) is 6.54 Å². The van der Waals surface area contributed by atoms with Gasteiger partial charge in [0.25, 0.3) is 5.91 Å². The molecule has 0 atom stereocenters. The van der Waals surface area contributed by atoms with Gasteiger partial charge in [-0.15, -0.1) is 0 Å². The Morgan fingerprint density at radius 1 is 1.00 bits per heavy atom. The molecule has 1 fully saturated rings. The van der Waals surface area contributed by atoms with Gasteiger partial charge in [0.2, 0.25) is 5.91 Å². The highest BCUT2D eigenvalue weighted by Gasteiger charge is 2.17. The molecular formula is C22H27N3O2. The zero-order valence-electron chi connectivity index (χ0n) is 15.9. The summed E-state index contributed by atoms with van der Waals surface area (Å²) >= 11 is 0. The number of nitrogens with one attached hydrogen (secondary N) is 1. The number of amides is 2. The third-order valence-electron chi connectivity index (χ3n) is 4.84. The van der Waals surface area contributed by atoms with Crippen LogP contribution in [0.25, 0.3) is 0 Å². The van der Waals surface area contributed by atoms with Crippen LogP contribution < -0.4 is 10.2 Å². The van der Waals surface area contributed by atoms with Crippen LogP contribution in [0.3, 0.4) is 0 Å². The molecule has 0 aliphatic carbocycles. The summed E-state index contributed by atoms with van der Waals surface area (Å²) in [5, 5.41) is 2.93. The Hall–Kier alpha value is -2.66. The molecule has 2 amide bonds. The van der Waals surface area contributed by atoms with Crippen LogP contribution in [0.5, 0.6) is 0 Å². The molecule has 0 unspecified atom stereocenters. The average molecular weight is 365 g/mol. The van der Waals surface area contributed by atoms with Crippen LogP contribution >= 0.6 is 0 Å². The number of para-hydroxylation sites is 1. The summed E-state index contributed by atoms with van der Waals surface area (Å²) in [6, 6.07) is 16.8. The van der Waals surface area contributed by atoms with Crippen molar-refractivity contribution in [2.45, 2.75) is 26.2 Å².